The molecule has 1 atom stereocenters. The van der Waals surface area contributed by atoms with E-state index in [0.29, 0.717) is 6.54 Å². The Morgan fingerprint density at radius 1 is 1.33 bits per heavy atom. The molecular formula is C13H20N2O2S. The van der Waals surface area contributed by atoms with Gasteiger partial charge < -0.3 is 15.4 Å². The molecule has 2 N–H and O–H groups in total. The van der Waals surface area contributed by atoms with Crippen LogP contribution in [-0.4, -0.2) is 37.4 Å². The molecule has 1 unspecified atom stereocenters. The number of nitrogens with one attached hydrogen (secondary N) is 2. The first kappa shape index (κ1) is 16.7. The van der Waals surface area contributed by atoms with Crippen molar-refractivity contribution in [2.45, 2.75) is 12.2 Å². The number of hydrogen-bond acceptors (Lipinski definition) is 4. The molecule has 0 saturated carbocycles. The number of benzene rings is 1. The Balaban J connectivity index is 0.000000351. The number of carbonyl (C=O) groups is 2. The molecule has 0 aromatic heterocycles. The molecule has 0 bridgehead atoms. The number of amides is 1. The summed E-state index contributed by atoms with van der Waals surface area (Å²) in [7, 11) is 3.28. The molecule has 1 rings (SSSR count). The second-order valence-electron chi connectivity index (χ2n) is 3.54. The highest BCUT2D eigenvalue weighted by Gasteiger charge is 2.10. The smallest absolute Gasteiger partial charge is 0.279 e. The fourth-order valence-electron chi connectivity index (χ4n) is 1.05. The molecule has 0 aliphatic rings. The highest BCUT2D eigenvalue weighted by Crippen LogP contribution is 2.07. The monoisotopic (exact) mass is 268 g/mol. The van der Waals surface area contributed by atoms with Gasteiger partial charge in [-0.15, -0.1) is 0 Å². The molecule has 1 aromatic carbocycles. The Morgan fingerprint density at radius 3 is 2.28 bits per heavy atom. The van der Waals surface area contributed by atoms with E-state index in [1.165, 1.54) is 12.6 Å². The van der Waals surface area contributed by atoms with Gasteiger partial charge in [0, 0.05) is 13.6 Å². The van der Waals surface area contributed by atoms with Crippen LogP contribution in [0.25, 0.3) is 0 Å². The van der Waals surface area contributed by atoms with E-state index in [1.54, 1.807) is 7.05 Å². The van der Waals surface area contributed by atoms with Crippen molar-refractivity contribution in [1.29, 1.82) is 0 Å². The number of aryl methyl sites for hydroxylation is 1. The summed E-state index contributed by atoms with van der Waals surface area (Å²) in [5, 5.41) is 4.77. The van der Waals surface area contributed by atoms with Gasteiger partial charge in [0.1, 0.15) is 6.29 Å². The van der Waals surface area contributed by atoms with Crippen LogP contribution >= 0.6 is 11.8 Å². The third kappa shape index (κ3) is 8.78. The van der Waals surface area contributed by atoms with Crippen LogP contribution in [-0.2, 0) is 4.79 Å². The lowest BCUT2D eigenvalue weighted by atomic mass is 10.2. The lowest BCUT2D eigenvalue weighted by molar-refractivity contribution is -0.107. The van der Waals surface area contributed by atoms with Gasteiger partial charge in [0.15, 0.2) is 0 Å². The SMILES string of the molecule is CNCC(C=O)SC(=O)NC.Cc1ccccc1. The lowest BCUT2D eigenvalue weighted by Crippen LogP contribution is -2.26. The average Bonchev–Trinajstić information content (AvgIpc) is 2.39. The Hall–Kier alpha value is -1.33. The van der Waals surface area contributed by atoms with Gasteiger partial charge in [0.25, 0.3) is 5.24 Å². The number of thioether (sulfide) groups is 1. The van der Waals surface area contributed by atoms with Crippen molar-refractivity contribution in [2.24, 2.45) is 0 Å². The second kappa shape index (κ2) is 10.8. The Labute approximate surface area is 113 Å². The molecule has 0 fully saturated rings. The summed E-state index contributed by atoms with van der Waals surface area (Å²) < 4.78 is 0. The van der Waals surface area contributed by atoms with E-state index >= 15 is 0 Å². The van der Waals surface area contributed by atoms with Crippen molar-refractivity contribution in [3.8, 4) is 0 Å². The normalized spacial score (nSPS) is 10.8. The molecule has 1 amide bonds. The van der Waals surface area contributed by atoms with Gasteiger partial charge in [-0.2, -0.15) is 0 Å². The van der Waals surface area contributed by atoms with E-state index in [9.17, 15) is 9.59 Å². The molecule has 0 saturated heterocycles. The predicted molar refractivity (Wildman–Crippen MR) is 77.0 cm³/mol. The molecule has 0 spiro atoms. The fourth-order valence-corrected chi connectivity index (χ4v) is 1.75. The third-order valence-electron chi connectivity index (χ3n) is 1.96. The van der Waals surface area contributed by atoms with Gasteiger partial charge in [0.05, 0.1) is 5.25 Å². The van der Waals surface area contributed by atoms with Crippen molar-refractivity contribution < 1.29 is 9.59 Å². The van der Waals surface area contributed by atoms with E-state index in [-0.39, 0.29) is 10.5 Å². The van der Waals surface area contributed by atoms with E-state index < -0.39 is 0 Å². The highest BCUT2D eigenvalue weighted by molar-refractivity contribution is 8.14. The maximum Gasteiger partial charge on any atom is 0.279 e. The molecule has 0 radical (unpaired) electrons. The zero-order valence-corrected chi connectivity index (χ0v) is 11.8. The van der Waals surface area contributed by atoms with Gasteiger partial charge in [0.2, 0.25) is 0 Å². The van der Waals surface area contributed by atoms with E-state index in [1.807, 2.05) is 18.2 Å². The summed E-state index contributed by atoms with van der Waals surface area (Å²) >= 11 is 0.989. The summed E-state index contributed by atoms with van der Waals surface area (Å²) in [4.78, 5) is 21.0. The molecule has 0 heterocycles. The van der Waals surface area contributed by atoms with Crippen LogP contribution in [0.3, 0.4) is 0 Å². The zero-order chi connectivity index (χ0) is 13.8. The number of carbonyl (C=O) groups excluding carboxylic acids is 2. The van der Waals surface area contributed by atoms with E-state index in [4.69, 9.17) is 0 Å². The van der Waals surface area contributed by atoms with Gasteiger partial charge in [-0.1, -0.05) is 47.7 Å². The standard InChI is InChI=1S/C7H8.C6H12N2O2S/c1-7-5-3-2-4-6-7;1-7-3-5(4-9)11-6(10)8-2/h2-6H,1H3;4-5,7H,3H2,1-2H3,(H,8,10). The summed E-state index contributed by atoms with van der Waals surface area (Å²) in [6.45, 7) is 2.60. The minimum Gasteiger partial charge on any atom is -0.350 e. The Bertz CT molecular complexity index is 344. The van der Waals surface area contributed by atoms with Crippen LogP contribution in [0.4, 0.5) is 4.79 Å². The Kier molecular flexibility index (Phi) is 10.0. The van der Waals surface area contributed by atoms with Crippen LogP contribution in [0.5, 0.6) is 0 Å². The van der Waals surface area contributed by atoms with Gasteiger partial charge in [-0.3, -0.25) is 4.79 Å². The lowest BCUT2D eigenvalue weighted by Gasteiger charge is -2.06. The van der Waals surface area contributed by atoms with Crippen LogP contribution in [0.2, 0.25) is 0 Å². The zero-order valence-electron chi connectivity index (χ0n) is 11.0. The maximum absolute atomic E-state index is 10.7. The summed E-state index contributed by atoms with van der Waals surface area (Å²) in [6, 6.07) is 10.3. The number of aldehydes is 1. The summed E-state index contributed by atoms with van der Waals surface area (Å²) in [5.41, 5.74) is 1.32. The Morgan fingerprint density at radius 2 is 1.94 bits per heavy atom. The maximum atomic E-state index is 10.7. The predicted octanol–water partition coefficient (Wildman–Crippen LogP) is 1.84. The summed E-state index contributed by atoms with van der Waals surface area (Å²) in [5.74, 6) is 0. The first-order valence-electron chi connectivity index (χ1n) is 5.64. The van der Waals surface area contributed by atoms with Crippen LogP contribution < -0.4 is 10.6 Å². The molecule has 5 heteroatoms. The van der Waals surface area contributed by atoms with Crippen molar-refractivity contribution in [3.63, 3.8) is 0 Å². The van der Waals surface area contributed by atoms with E-state index in [2.05, 4.69) is 29.7 Å². The van der Waals surface area contributed by atoms with Crippen molar-refractivity contribution in [2.75, 3.05) is 20.6 Å². The minimum absolute atomic E-state index is 0.183. The molecule has 100 valence electrons. The minimum atomic E-state index is -0.292. The molecule has 1 aromatic rings. The van der Waals surface area contributed by atoms with Crippen molar-refractivity contribution >= 4 is 23.3 Å². The van der Waals surface area contributed by atoms with E-state index in [0.717, 1.165) is 18.0 Å². The van der Waals surface area contributed by atoms with Crippen LogP contribution in [0.1, 0.15) is 5.56 Å². The third-order valence-corrected chi connectivity index (χ3v) is 2.96. The molecule has 0 aliphatic heterocycles. The topological polar surface area (TPSA) is 58.2 Å². The summed E-state index contributed by atoms with van der Waals surface area (Å²) in [6.07, 6.45) is 0.760. The van der Waals surface area contributed by atoms with Crippen molar-refractivity contribution in [3.05, 3.63) is 35.9 Å². The first-order chi connectivity index (χ1) is 8.63. The number of hydrogen-bond donors (Lipinski definition) is 2. The van der Waals surface area contributed by atoms with Crippen molar-refractivity contribution in [1.82, 2.24) is 10.6 Å². The number of rotatable bonds is 4. The molecule has 18 heavy (non-hydrogen) atoms. The van der Waals surface area contributed by atoms with Gasteiger partial charge in [-0.05, 0) is 14.0 Å². The molecule has 4 nitrogen and oxygen atoms in total. The quantitative estimate of drug-likeness (QED) is 0.818. The van der Waals surface area contributed by atoms with Gasteiger partial charge in [-0.25, -0.2) is 0 Å². The fraction of sp³-hybridized carbons (Fsp3) is 0.385. The van der Waals surface area contributed by atoms with Crippen LogP contribution in [0.15, 0.2) is 30.3 Å². The molecule has 0 aliphatic carbocycles. The van der Waals surface area contributed by atoms with Gasteiger partial charge >= 0.3 is 0 Å². The molecular weight excluding hydrogens is 248 g/mol. The first-order valence-corrected chi connectivity index (χ1v) is 6.52. The van der Waals surface area contributed by atoms with Crippen LogP contribution in [0, 0.1) is 6.92 Å². The largest absolute Gasteiger partial charge is 0.350 e. The average molecular weight is 268 g/mol. The second-order valence-corrected chi connectivity index (χ2v) is 4.75. The highest BCUT2D eigenvalue weighted by atomic mass is 32.2.